The van der Waals surface area contributed by atoms with Crippen LogP contribution in [0, 0.1) is 0 Å². The third kappa shape index (κ3) is 3.61. The molecule has 0 radical (unpaired) electrons. The number of thioether (sulfide) groups is 2. The molecule has 0 atom stereocenters. The molecule has 1 saturated heterocycles. The zero-order valence-electron chi connectivity index (χ0n) is 13.5. The molecule has 23 heavy (non-hydrogen) atoms. The smallest absolute Gasteiger partial charge is 0.435 e. The van der Waals surface area contributed by atoms with Gasteiger partial charge in [-0.15, -0.1) is 28.6 Å². The Morgan fingerprint density at radius 3 is 2.70 bits per heavy atom. The van der Waals surface area contributed by atoms with E-state index < -0.39 is 11.7 Å². The monoisotopic (exact) mass is 351 g/mol. The highest BCUT2D eigenvalue weighted by atomic mass is 32.2. The highest BCUT2D eigenvalue weighted by Gasteiger charge is 2.23. The molecule has 3 rings (SSSR count). The number of aromatic nitrogens is 2. The zero-order valence-corrected chi connectivity index (χ0v) is 15.2. The average Bonchev–Trinajstić information content (AvgIpc) is 2.83. The molecule has 1 aliphatic rings. The predicted octanol–water partition coefficient (Wildman–Crippen LogP) is 4.27. The van der Waals surface area contributed by atoms with Crippen molar-refractivity contribution < 1.29 is 9.53 Å². The maximum atomic E-state index is 12.4. The van der Waals surface area contributed by atoms with Gasteiger partial charge in [-0.2, -0.15) is 4.68 Å². The molecule has 1 aromatic carbocycles. The minimum absolute atomic E-state index is 0.348. The van der Waals surface area contributed by atoms with Gasteiger partial charge < -0.3 is 10.5 Å². The van der Waals surface area contributed by atoms with Crippen LogP contribution in [0.2, 0.25) is 0 Å². The summed E-state index contributed by atoms with van der Waals surface area (Å²) in [4.78, 5) is 12.4. The third-order valence-corrected chi connectivity index (χ3v) is 6.41. The first-order valence-corrected chi connectivity index (χ1v) is 9.69. The van der Waals surface area contributed by atoms with Crippen molar-refractivity contribution in [2.75, 3.05) is 17.2 Å². The number of carbonyl (C=O) groups excluding carboxylic acids is 1. The van der Waals surface area contributed by atoms with Gasteiger partial charge in [0.2, 0.25) is 0 Å². The van der Waals surface area contributed by atoms with Crippen molar-refractivity contribution in [2.24, 2.45) is 0 Å². The lowest BCUT2D eigenvalue weighted by atomic mass is 10.2. The number of fused-ring (bicyclic) bond motifs is 1. The second-order valence-electron chi connectivity index (χ2n) is 6.48. The molecule has 1 aliphatic heterocycles. The Bertz CT molecular complexity index is 731. The molecule has 1 fully saturated rings. The number of carbonyl (C=O) groups is 1. The van der Waals surface area contributed by atoms with Gasteiger partial charge in [-0.25, -0.2) is 4.79 Å². The van der Waals surface area contributed by atoms with Crippen LogP contribution in [0.4, 0.5) is 10.6 Å². The van der Waals surface area contributed by atoms with Gasteiger partial charge >= 0.3 is 6.09 Å². The molecule has 124 valence electrons. The Labute approximate surface area is 144 Å². The molecule has 0 bridgehead atoms. The van der Waals surface area contributed by atoms with E-state index in [0.717, 1.165) is 5.39 Å². The molecule has 0 unspecified atom stereocenters. The van der Waals surface area contributed by atoms with Crippen LogP contribution >= 0.6 is 23.5 Å². The lowest BCUT2D eigenvalue weighted by Crippen LogP contribution is -2.27. The summed E-state index contributed by atoms with van der Waals surface area (Å²) in [7, 11) is 0. The summed E-state index contributed by atoms with van der Waals surface area (Å²) < 4.78 is 7.10. The molecule has 0 saturated carbocycles. The van der Waals surface area contributed by atoms with Gasteiger partial charge in [0.15, 0.2) is 5.82 Å². The van der Waals surface area contributed by atoms with E-state index in [1.807, 2.05) is 56.4 Å². The first-order chi connectivity index (χ1) is 10.8. The molecule has 2 aromatic rings. The molecule has 5 nitrogen and oxygen atoms in total. The van der Waals surface area contributed by atoms with E-state index in [2.05, 4.69) is 11.2 Å². The Balaban J connectivity index is 1.99. The lowest BCUT2D eigenvalue weighted by Gasteiger charge is -2.21. The molecule has 0 amide bonds. The van der Waals surface area contributed by atoms with Crippen LogP contribution < -0.4 is 5.73 Å². The summed E-state index contributed by atoms with van der Waals surface area (Å²) in [5.41, 5.74) is 7.29. The van der Waals surface area contributed by atoms with E-state index in [0.29, 0.717) is 15.9 Å². The Morgan fingerprint density at radius 1 is 1.35 bits per heavy atom. The molecule has 2 heterocycles. The zero-order chi connectivity index (χ0) is 16.6. The van der Waals surface area contributed by atoms with Crippen LogP contribution in [0.15, 0.2) is 18.2 Å². The van der Waals surface area contributed by atoms with Crippen LogP contribution in [0.5, 0.6) is 0 Å². The van der Waals surface area contributed by atoms with Gasteiger partial charge in [-0.1, -0.05) is 6.07 Å². The predicted molar refractivity (Wildman–Crippen MR) is 98.1 cm³/mol. The topological polar surface area (TPSA) is 70.1 Å². The average molecular weight is 351 g/mol. The van der Waals surface area contributed by atoms with Gasteiger partial charge in [-0.05, 0) is 56.4 Å². The van der Waals surface area contributed by atoms with Gasteiger partial charge in [-0.3, -0.25) is 0 Å². The van der Waals surface area contributed by atoms with E-state index >= 15 is 0 Å². The summed E-state index contributed by atoms with van der Waals surface area (Å²) in [6.07, 6.45) is 0.747. The first kappa shape index (κ1) is 16.5. The van der Waals surface area contributed by atoms with Crippen molar-refractivity contribution >= 4 is 46.3 Å². The Hall–Kier alpha value is -1.34. The molecule has 7 heteroatoms. The fourth-order valence-electron chi connectivity index (χ4n) is 2.43. The van der Waals surface area contributed by atoms with Gasteiger partial charge in [0, 0.05) is 5.39 Å². The van der Waals surface area contributed by atoms with Crippen LogP contribution in [0.1, 0.15) is 37.3 Å². The fraction of sp³-hybridized carbons (Fsp3) is 0.500. The van der Waals surface area contributed by atoms with E-state index in [4.69, 9.17) is 10.5 Å². The van der Waals surface area contributed by atoms with Crippen LogP contribution in [0.3, 0.4) is 0 Å². The summed E-state index contributed by atoms with van der Waals surface area (Å²) in [5.74, 6) is 2.69. The fourth-order valence-corrected chi connectivity index (χ4v) is 5.30. The van der Waals surface area contributed by atoms with Crippen molar-refractivity contribution in [3.05, 3.63) is 23.8 Å². The molecule has 0 aliphatic carbocycles. The van der Waals surface area contributed by atoms with Gasteiger partial charge in [0.1, 0.15) is 5.60 Å². The highest BCUT2D eigenvalue weighted by molar-refractivity contribution is 8.16. The number of nitrogens with two attached hydrogens (primary N) is 1. The SMILES string of the molecule is CC(C)(C)OC(=O)n1nc(N)c2ccc(C3SCCCS3)cc21. The van der Waals surface area contributed by atoms with Crippen LogP contribution in [-0.2, 0) is 4.74 Å². The van der Waals surface area contributed by atoms with E-state index in [1.165, 1.54) is 28.2 Å². The largest absolute Gasteiger partial charge is 0.442 e. The highest BCUT2D eigenvalue weighted by Crippen LogP contribution is 2.44. The van der Waals surface area contributed by atoms with Gasteiger partial charge in [0.25, 0.3) is 0 Å². The van der Waals surface area contributed by atoms with E-state index in [-0.39, 0.29) is 0 Å². The maximum Gasteiger partial charge on any atom is 0.435 e. The number of hydrogen-bond donors (Lipinski definition) is 1. The third-order valence-electron chi connectivity index (χ3n) is 3.40. The second-order valence-corrected chi connectivity index (χ2v) is 9.21. The molecule has 0 spiro atoms. The van der Waals surface area contributed by atoms with E-state index in [9.17, 15) is 4.79 Å². The first-order valence-electron chi connectivity index (χ1n) is 7.60. The van der Waals surface area contributed by atoms with Crippen LogP contribution in [-0.4, -0.2) is 33.0 Å². The standard InChI is InChI=1S/C16H21N3O2S2/c1-16(2,3)21-15(20)19-12-9-10(14-22-7-4-8-23-14)5-6-11(12)13(17)18-19/h5-6,9,14H,4,7-8H2,1-3H3,(H2,17,18). The second kappa shape index (κ2) is 6.28. The Kier molecular flexibility index (Phi) is 4.51. The molecular weight excluding hydrogens is 330 g/mol. The minimum Gasteiger partial charge on any atom is -0.442 e. The maximum absolute atomic E-state index is 12.4. The number of hydrogen-bond acceptors (Lipinski definition) is 6. The van der Waals surface area contributed by atoms with Crippen molar-refractivity contribution in [3.63, 3.8) is 0 Å². The number of benzene rings is 1. The minimum atomic E-state index is -0.573. The van der Waals surface area contributed by atoms with Crippen molar-refractivity contribution in [3.8, 4) is 0 Å². The Morgan fingerprint density at radius 2 is 2.04 bits per heavy atom. The number of rotatable bonds is 1. The summed E-state index contributed by atoms with van der Waals surface area (Å²) in [5, 5.41) is 4.95. The van der Waals surface area contributed by atoms with Gasteiger partial charge in [0.05, 0.1) is 10.1 Å². The van der Waals surface area contributed by atoms with E-state index in [1.54, 1.807) is 0 Å². The molecular formula is C16H21N3O2S2. The quantitative estimate of drug-likeness (QED) is 0.827. The normalized spacial score (nSPS) is 16.7. The summed E-state index contributed by atoms with van der Waals surface area (Å²) >= 11 is 3.88. The lowest BCUT2D eigenvalue weighted by molar-refractivity contribution is 0.0523. The summed E-state index contributed by atoms with van der Waals surface area (Å²) in [6, 6.07) is 6.04. The number of nitrogen functional groups attached to an aromatic ring is 1. The number of nitrogens with zero attached hydrogens (tertiary/aromatic N) is 2. The number of anilines is 1. The van der Waals surface area contributed by atoms with Crippen molar-refractivity contribution in [1.82, 2.24) is 9.78 Å². The van der Waals surface area contributed by atoms with Crippen molar-refractivity contribution in [2.45, 2.75) is 37.4 Å². The number of ether oxygens (including phenoxy) is 1. The van der Waals surface area contributed by atoms with Crippen LogP contribution in [0.25, 0.3) is 10.9 Å². The molecule has 2 N–H and O–H groups in total. The summed E-state index contributed by atoms with van der Waals surface area (Å²) in [6.45, 7) is 5.50. The molecule has 1 aromatic heterocycles. The van der Waals surface area contributed by atoms with Crippen molar-refractivity contribution in [1.29, 1.82) is 0 Å².